The maximum Gasteiger partial charge on any atom is 0.240 e. The second-order valence-corrected chi connectivity index (χ2v) is 6.66. The number of benzene rings is 1. The summed E-state index contributed by atoms with van der Waals surface area (Å²) >= 11 is 0. The zero-order valence-electron chi connectivity index (χ0n) is 16.7. The number of hydrogen-bond donors (Lipinski definition) is 1. The van der Waals surface area contributed by atoms with Crippen LogP contribution in [0.3, 0.4) is 0 Å². The lowest BCUT2D eigenvalue weighted by atomic mass is 10.0. The molecule has 0 fully saturated rings. The van der Waals surface area contributed by atoms with Crippen LogP contribution in [0.1, 0.15) is 39.5 Å². The molecular weight excluding hydrogens is 342 g/mol. The lowest BCUT2D eigenvalue weighted by Gasteiger charge is -2.29. The first-order valence-corrected chi connectivity index (χ1v) is 9.73. The summed E-state index contributed by atoms with van der Waals surface area (Å²) in [7, 11) is 1.60. The van der Waals surface area contributed by atoms with Crippen LogP contribution in [0.25, 0.3) is 0 Å². The molecule has 1 aliphatic rings. The van der Waals surface area contributed by atoms with E-state index in [1.54, 1.807) is 31.4 Å². The van der Waals surface area contributed by atoms with Gasteiger partial charge in [0.2, 0.25) is 11.8 Å². The average Bonchev–Trinajstić information content (AvgIpc) is 2.69. The van der Waals surface area contributed by atoms with Crippen LogP contribution in [-0.2, 0) is 9.59 Å². The van der Waals surface area contributed by atoms with Crippen molar-refractivity contribution in [2.75, 3.05) is 38.6 Å². The quantitative estimate of drug-likeness (QED) is 0.722. The van der Waals surface area contributed by atoms with Crippen LogP contribution < -0.4 is 10.1 Å². The van der Waals surface area contributed by atoms with Crippen molar-refractivity contribution < 1.29 is 14.3 Å². The van der Waals surface area contributed by atoms with E-state index in [2.05, 4.69) is 11.4 Å². The lowest BCUT2D eigenvalue weighted by molar-refractivity contribution is -0.131. The zero-order valence-corrected chi connectivity index (χ0v) is 16.7. The van der Waals surface area contributed by atoms with Crippen LogP contribution >= 0.6 is 0 Å². The van der Waals surface area contributed by atoms with Crippen molar-refractivity contribution in [1.82, 2.24) is 9.80 Å². The van der Waals surface area contributed by atoms with Gasteiger partial charge in [0.15, 0.2) is 0 Å². The standard InChI is InChI=1S/C21H31N3O3/c1-4-23(15-20(25)22-17-11-13-19(27-3)14-12-17)16-21(26)24(5-2)18-9-7-6-8-10-18/h9,11-14H,4-8,10,15-16H2,1-3H3,(H,22,25). The van der Waals surface area contributed by atoms with Crippen molar-refractivity contribution in [3.8, 4) is 5.75 Å². The van der Waals surface area contributed by atoms with Gasteiger partial charge in [-0.3, -0.25) is 14.5 Å². The molecule has 0 unspecified atom stereocenters. The van der Waals surface area contributed by atoms with Crippen LogP contribution in [-0.4, -0.2) is 54.9 Å². The van der Waals surface area contributed by atoms with Crippen LogP contribution in [0.5, 0.6) is 5.75 Å². The van der Waals surface area contributed by atoms with Crippen LogP contribution in [0.2, 0.25) is 0 Å². The summed E-state index contributed by atoms with van der Waals surface area (Å²) in [6.07, 6.45) is 6.52. The fraction of sp³-hybridized carbons (Fsp3) is 0.524. The van der Waals surface area contributed by atoms with Crippen molar-refractivity contribution >= 4 is 17.5 Å². The van der Waals surface area contributed by atoms with E-state index >= 15 is 0 Å². The molecule has 1 N–H and O–H groups in total. The van der Waals surface area contributed by atoms with Gasteiger partial charge in [0.05, 0.1) is 20.2 Å². The highest BCUT2D eigenvalue weighted by molar-refractivity contribution is 5.92. The van der Waals surface area contributed by atoms with E-state index in [1.807, 2.05) is 23.6 Å². The second-order valence-electron chi connectivity index (χ2n) is 6.66. The molecule has 0 aliphatic heterocycles. The molecule has 1 aromatic carbocycles. The highest BCUT2D eigenvalue weighted by Crippen LogP contribution is 2.21. The molecule has 0 bridgehead atoms. The normalized spacial score (nSPS) is 13.9. The van der Waals surface area contributed by atoms with E-state index in [9.17, 15) is 9.59 Å². The molecule has 0 saturated carbocycles. The van der Waals surface area contributed by atoms with E-state index < -0.39 is 0 Å². The predicted octanol–water partition coefficient (Wildman–Crippen LogP) is 3.26. The second kappa shape index (κ2) is 10.7. The Morgan fingerprint density at radius 3 is 2.37 bits per heavy atom. The van der Waals surface area contributed by atoms with Crippen LogP contribution in [0.4, 0.5) is 5.69 Å². The third-order valence-electron chi connectivity index (χ3n) is 4.78. The van der Waals surface area contributed by atoms with Gasteiger partial charge in [-0.1, -0.05) is 13.0 Å². The molecule has 0 heterocycles. The fourth-order valence-corrected chi connectivity index (χ4v) is 3.24. The van der Waals surface area contributed by atoms with E-state index in [0.717, 1.165) is 30.7 Å². The third kappa shape index (κ3) is 6.40. The molecule has 0 aromatic heterocycles. The summed E-state index contributed by atoms with van der Waals surface area (Å²) in [5.74, 6) is 0.671. The summed E-state index contributed by atoms with van der Waals surface area (Å²) in [6.45, 7) is 5.70. The van der Waals surface area contributed by atoms with E-state index in [-0.39, 0.29) is 24.9 Å². The first kappa shape index (κ1) is 21.0. The third-order valence-corrected chi connectivity index (χ3v) is 4.78. The number of allylic oxidation sites excluding steroid dienone is 2. The molecule has 0 spiro atoms. The molecule has 0 atom stereocenters. The van der Waals surface area contributed by atoms with Crippen LogP contribution in [0.15, 0.2) is 36.0 Å². The highest BCUT2D eigenvalue weighted by atomic mass is 16.5. The summed E-state index contributed by atoms with van der Waals surface area (Å²) in [6, 6.07) is 7.20. The van der Waals surface area contributed by atoms with Gasteiger partial charge in [-0.05, 0) is 63.4 Å². The van der Waals surface area contributed by atoms with Gasteiger partial charge in [-0.25, -0.2) is 0 Å². The minimum Gasteiger partial charge on any atom is -0.497 e. The molecule has 2 rings (SSSR count). The Hall–Kier alpha value is -2.34. The van der Waals surface area contributed by atoms with E-state index in [0.29, 0.717) is 18.8 Å². The molecule has 6 heteroatoms. The molecule has 6 nitrogen and oxygen atoms in total. The molecule has 148 valence electrons. The van der Waals surface area contributed by atoms with Gasteiger partial charge in [0.1, 0.15) is 5.75 Å². The van der Waals surface area contributed by atoms with Gasteiger partial charge in [-0.15, -0.1) is 0 Å². The van der Waals surface area contributed by atoms with Crippen molar-refractivity contribution in [3.63, 3.8) is 0 Å². The molecule has 1 aliphatic carbocycles. The summed E-state index contributed by atoms with van der Waals surface area (Å²) in [4.78, 5) is 28.8. The lowest BCUT2D eigenvalue weighted by Crippen LogP contribution is -2.42. The van der Waals surface area contributed by atoms with Gasteiger partial charge in [0, 0.05) is 17.9 Å². The zero-order chi connectivity index (χ0) is 19.6. The van der Waals surface area contributed by atoms with Crippen molar-refractivity contribution in [3.05, 3.63) is 36.0 Å². The maximum absolute atomic E-state index is 12.8. The van der Waals surface area contributed by atoms with Crippen molar-refractivity contribution in [2.45, 2.75) is 39.5 Å². The van der Waals surface area contributed by atoms with Crippen LogP contribution in [0, 0.1) is 0 Å². The fourth-order valence-electron chi connectivity index (χ4n) is 3.24. The first-order valence-electron chi connectivity index (χ1n) is 9.73. The summed E-state index contributed by atoms with van der Waals surface area (Å²) < 4.78 is 5.12. The minimum absolute atomic E-state index is 0.0600. The number of carbonyl (C=O) groups excluding carboxylic acids is 2. The number of amides is 2. The smallest absolute Gasteiger partial charge is 0.240 e. The number of methoxy groups -OCH3 is 1. The minimum atomic E-state index is -0.130. The first-order chi connectivity index (χ1) is 13.1. The Bertz CT molecular complexity index is 655. The van der Waals surface area contributed by atoms with E-state index in [4.69, 9.17) is 4.74 Å². The van der Waals surface area contributed by atoms with Gasteiger partial charge < -0.3 is 15.0 Å². The molecule has 27 heavy (non-hydrogen) atoms. The topological polar surface area (TPSA) is 61.9 Å². The summed E-state index contributed by atoms with van der Waals surface area (Å²) in [5.41, 5.74) is 1.85. The average molecular weight is 373 g/mol. The number of nitrogens with zero attached hydrogens (tertiary/aromatic N) is 2. The van der Waals surface area contributed by atoms with Gasteiger partial charge in [0.25, 0.3) is 0 Å². The number of rotatable bonds is 9. The van der Waals surface area contributed by atoms with Crippen molar-refractivity contribution in [1.29, 1.82) is 0 Å². The number of nitrogens with one attached hydrogen (secondary N) is 1. The van der Waals surface area contributed by atoms with Gasteiger partial charge in [-0.2, -0.15) is 0 Å². The Balaban J connectivity index is 1.89. The molecule has 0 radical (unpaired) electrons. The number of anilines is 1. The molecule has 2 amide bonds. The Morgan fingerprint density at radius 2 is 1.81 bits per heavy atom. The number of carbonyl (C=O) groups is 2. The number of hydrogen-bond acceptors (Lipinski definition) is 4. The molecule has 0 saturated heterocycles. The number of likely N-dealkylation sites (N-methyl/N-ethyl adjacent to an activating group) is 2. The number of ether oxygens (including phenoxy) is 1. The predicted molar refractivity (Wildman–Crippen MR) is 108 cm³/mol. The monoisotopic (exact) mass is 373 g/mol. The highest BCUT2D eigenvalue weighted by Gasteiger charge is 2.21. The Labute approximate surface area is 162 Å². The summed E-state index contributed by atoms with van der Waals surface area (Å²) in [5, 5.41) is 2.87. The van der Waals surface area contributed by atoms with E-state index in [1.165, 1.54) is 6.42 Å². The maximum atomic E-state index is 12.8. The SMILES string of the molecule is CCN(CC(=O)Nc1ccc(OC)cc1)CC(=O)N(CC)C1=CCCCC1. The van der Waals surface area contributed by atoms with Crippen molar-refractivity contribution in [2.24, 2.45) is 0 Å². The Morgan fingerprint density at radius 1 is 1.07 bits per heavy atom. The molecular formula is C21H31N3O3. The Kier molecular flexibility index (Phi) is 8.33. The van der Waals surface area contributed by atoms with Gasteiger partial charge >= 0.3 is 0 Å². The molecule has 1 aromatic rings. The largest absolute Gasteiger partial charge is 0.497 e.